The van der Waals surface area contributed by atoms with Crippen LogP contribution in [0.2, 0.25) is 0 Å². The van der Waals surface area contributed by atoms with Crippen LogP contribution in [0.4, 0.5) is 5.69 Å². The van der Waals surface area contributed by atoms with Crippen molar-refractivity contribution in [3.8, 4) is 50.2 Å². The Labute approximate surface area is 408 Å². The Morgan fingerprint density at radius 3 is 1.00 bits per heavy atom. The highest BCUT2D eigenvalue weighted by atomic mass is 15.0. The van der Waals surface area contributed by atoms with Gasteiger partial charge in [0.1, 0.15) is 0 Å². The number of aromatic nitrogens is 1. The molecule has 0 atom stereocenters. The molecule has 2 aliphatic carbocycles. The van der Waals surface area contributed by atoms with Crippen LogP contribution < -0.4 is 5.73 Å². The Morgan fingerprint density at radius 1 is 0.271 bits per heavy atom. The van der Waals surface area contributed by atoms with Gasteiger partial charge in [-0.2, -0.15) is 0 Å². The zero-order valence-electron chi connectivity index (χ0n) is 38.4. The van der Waals surface area contributed by atoms with Crippen molar-refractivity contribution in [1.29, 1.82) is 0 Å². The standard InChI is InChI=1S/C68H46N2/c69-53-33-35-54(36-34-53)70-65-39-31-45(47-29-37-57-55-25-13-15-27-61(55)67(63(57)43-47,49-17-5-1-6-18-49)50-19-7-2-8-20-50)41-59(65)60-42-46(32-40-66(60)70)48-30-38-58-56-26-14-16-28-62(56)68(64(58)44-48,51-21-9-3-10-22-51)52-23-11-4-12-24-52/h1-44H,69H2. The lowest BCUT2D eigenvalue weighted by atomic mass is 9.67. The first-order valence-electron chi connectivity index (χ1n) is 24.3. The van der Waals surface area contributed by atoms with Gasteiger partial charge in [-0.05, 0) is 150 Å². The summed E-state index contributed by atoms with van der Waals surface area (Å²) in [6, 6.07) is 98.8. The van der Waals surface area contributed by atoms with Gasteiger partial charge >= 0.3 is 0 Å². The van der Waals surface area contributed by atoms with Gasteiger partial charge in [-0.3, -0.25) is 0 Å². The highest BCUT2D eigenvalue weighted by Gasteiger charge is 2.47. The van der Waals surface area contributed by atoms with Crippen LogP contribution in [0.1, 0.15) is 44.5 Å². The van der Waals surface area contributed by atoms with E-state index >= 15 is 0 Å². The molecule has 1 heterocycles. The molecule has 2 N–H and O–H groups in total. The Balaban J connectivity index is 0.979. The summed E-state index contributed by atoms with van der Waals surface area (Å²) in [6.45, 7) is 0. The van der Waals surface area contributed by atoms with Crippen LogP contribution in [0.3, 0.4) is 0 Å². The van der Waals surface area contributed by atoms with E-state index in [1.807, 2.05) is 12.1 Å². The zero-order valence-corrected chi connectivity index (χ0v) is 38.4. The van der Waals surface area contributed by atoms with E-state index in [0.717, 1.165) is 22.4 Å². The number of nitrogens with two attached hydrogens (primary N) is 1. The van der Waals surface area contributed by atoms with Crippen molar-refractivity contribution >= 4 is 27.5 Å². The lowest BCUT2D eigenvalue weighted by Gasteiger charge is -2.34. The summed E-state index contributed by atoms with van der Waals surface area (Å²) in [5, 5.41) is 2.40. The van der Waals surface area contributed by atoms with Crippen molar-refractivity contribution in [1.82, 2.24) is 4.57 Å². The fourth-order valence-electron chi connectivity index (χ4n) is 12.5. The van der Waals surface area contributed by atoms with Gasteiger partial charge in [0.05, 0.1) is 21.9 Å². The molecule has 14 rings (SSSR count). The quantitative estimate of drug-likeness (QED) is 0.159. The van der Waals surface area contributed by atoms with E-state index in [0.29, 0.717) is 0 Å². The van der Waals surface area contributed by atoms with Gasteiger partial charge in [-0.25, -0.2) is 0 Å². The first-order valence-corrected chi connectivity index (χ1v) is 24.3. The normalized spacial score (nSPS) is 13.7. The van der Waals surface area contributed by atoms with Crippen molar-refractivity contribution in [3.05, 3.63) is 311 Å². The first kappa shape index (κ1) is 40.1. The summed E-state index contributed by atoms with van der Waals surface area (Å²) in [7, 11) is 0. The number of nitrogens with zero attached hydrogens (tertiary/aromatic N) is 1. The van der Waals surface area contributed by atoms with Crippen molar-refractivity contribution in [2.45, 2.75) is 10.8 Å². The van der Waals surface area contributed by atoms with Gasteiger partial charge < -0.3 is 10.3 Å². The van der Waals surface area contributed by atoms with Crippen LogP contribution in [0, 0.1) is 0 Å². The summed E-state index contributed by atoms with van der Waals surface area (Å²) in [6.07, 6.45) is 0. The molecule has 2 aliphatic rings. The summed E-state index contributed by atoms with van der Waals surface area (Å²) in [4.78, 5) is 0. The molecule has 1 aromatic heterocycles. The Hall–Kier alpha value is -8.98. The minimum Gasteiger partial charge on any atom is -0.399 e. The van der Waals surface area contributed by atoms with E-state index in [-0.39, 0.29) is 0 Å². The molecular weight excluding hydrogens is 845 g/mol. The lowest BCUT2D eigenvalue weighted by molar-refractivity contribution is 0.769. The van der Waals surface area contributed by atoms with Crippen molar-refractivity contribution in [2.24, 2.45) is 0 Å². The van der Waals surface area contributed by atoms with Gasteiger partial charge in [0.2, 0.25) is 0 Å². The molecule has 0 aliphatic heterocycles. The number of hydrogen-bond acceptors (Lipinski definition) is 1. The number of fused-ring (bicyclic) bond motifs is 9. The van der Waals surface area contributed by atoms with Crippen LogP contribution in [-0.4, -0.2) is 4.57 Å². The van der Waals surface area contributed by atoms with E-state index in [1.54, 1.807) is 0 Å². The molecule has 0 saturated heterocycles. The fraction of sp³-hybridized carbons (Fsp3) is 0.0294. The first-order chi connectivity index (χ1) is 34.6. The molecule has 70 heavy (non-hydrogen) atoms. The number of benzene rings is 11. The molecule has 0 bridgehead atoms. The molecule has 0 radical (unpaired) electrons. The van der Waals surface area contributed by atoms with Crippen molar-refractivity contribution in [3.63, 3.8) is 0 Å². The highest BCUT2D eigenvalue weighted by molar-refractivity contribution is 6.12. The van der Waals surface area contributed by atoms with Gasteiger partial charge in [0, 0.05) is 22.1 Å². The minimum absolute atomic E-state index is 0.482. The largest absolute Gasteiger partial charge is 0.399 e. The highest BCUT2D eigenvalue weighted by Crippen LogP contribution is 2.58. The molecule has 0 amide bonds. The molecule has 328 valence electrons. The third-order valence-electron chi connectivity index (χ3n) is 15.5. The average molecular weight is 891 g/mol. The lowest BCUT2D eigenvalue weighted by Crippen LogP contribution is -2.28. The number of rotatable bonds is 7. The topological polar surface area (TPSA) is 30.9 Å². The molecule has 0 saturated carbocycles. The maximum absolute atomic E-state index is 6.28. The molecule has 0 unspecified atom stereocenters. The summed E-state index contributed by atoms with van der Waals surface area (Å²) in [5.41, 5.74) is 29.6. The predicted molar refractivity (Wildman–Crippen MR) is 291 cm³/mol. The van der Waals surface area contributed by atoms with Gasteiger partial charge in [-0.1, -0.05) is 206 Å². The SMILES string of the molecule is Nc1ccc(-n2c3ccc(-c4ccc5c(c4)C(c4ccccc4)(c4ccccc4)c4ccccc4-5)cc3c3cc(-c4ccc5c(c4)C(c4ccccc4)(c4ccccc4)c4ccccc4-5)ccc32)cc1. The summed E-state index contributed by atoms with van der Waals surface area (Å²) >= 11 is 0. The predicted octanol–water partition coefficient (Wildman–Crippen LogP) is 16.4. The van der Waals surface area contributed by atoms with Crippen molar-refractivity contribution in [2.75, 3.05) is 5.73 Å². The molecule has 2 heteroatoms. The second-order valence-corrected chi connectivity index (χ2v) is 19.0. The van der Waals surface area contributed by atoms with E-state index < -0.39 is 10.8 Å². The van der Waals surface area contributed by atoms with Gasteiger partial charge in [0.15, 0.2) is 0 Å². The average Bonchev–Trinajstić information content (AvgIpc) is 4.04. The van der Waals surface area contributed by atoms with Crippen LogP contribution in [0.15, 0.2) is 267 Å². The number of nitrogen functional groups attached to an aromatic ring is 1. The Kier molecular flexibility index (Phi) is 8.90. The molecule has 12 aromatic rings. The molecule has 2 nitrogen and oxygen atoms in total. The van der Waals surface area contributed by atoms with Crippen LogP contribution in [0.25, 0.3) is 72.0 Å². The van der Waals surface area contributed by atoms with Crippen LogP contribution in [0.5, 0.6) is 0 Å². The maximum atomic E-state index is 6.28. The monoisotopic (exact) mass is 890 g/mol. The van der Waals surface area contributed by atoms with E-state index in [9.17, 15) is 0 Å². The fourth-order valence-corrected chi connectivity index (χ4v) is 12.5. The Morgan fingerprint density at radius 2 is 0.600 bits per heavy atom. The minimum atomic E-state index is -0.482. The molecule has 0 spiro atoms. The molecular formula is C68H46N2. The van der Waals surface area contributed by atoms with E-state index in [4.69, 9.17) is 5.73 Å². The third kappa shape index (κ3) is 5.68. The maximum Gasteiger partial charge on any atom is 0.0713 e. The smallest absolute Gasteiger partial charge is 0.0713 e. The van der Waals surface area contributed by atoms with Gasteiger partial charge in [-0.15, -0.1) is 0 Å². The van der Waals surface area contributed by atoms with Crippen LogP contribution >= 0.6 is 0 Å². The molecule has 0 fully saturated rings. The molecule has 11 aromatic carbocycles. The van der Waals surface area contributed by atoms with Gasteiger partial charge in [0.25, 0.3) is 0 Å². The summed E-state index contributed by atoms with van der Waals surface area (Å²) in [5.74, 6) is 0. The van der Waals surface area contributed by atoms with E-state index in [2.05, 4.69) is 259 Å². The number of hydrogen-bond donors (Lipinski definition) is 1. The second kappa shape index (κ2) is 15.5. The van der Waals surface area contributed by atoms with Crippen LogP contribution in [-0.2, 0) is 10.8 Å². The second-order valence-electron chi connectivity index (χ2n) is 19.0. The Bertz CT molecular complexity index is 3660. The van der Waals surface area contributed by atoms with E-state index in [1.165, 1.54) is 99.8 Å². The third-order valence-corrected chi connectivity index (χ3v) is 15.5. The number of anilines is 1. The summed E-state index contributed by atoms with van der Waals surface area (Å²) < 4.78 is 2.39. The zero-order chi connectivity index (χ0) is 46.4. The van der Waals surface area contributed by atoms with Crippen molar-refractivity contribution < 1.29 is 0 Å².